The van der Waals surface area contributed by atoms with Crippen LogP contribution < -0.4 is 0 Å². The number of carbonyl (C=O) groups excluding carboxylic acids is 2. The Morgan fingerprint density at radius 3 is 2.40 bits per heavy atom. The number of rotatable bonds is 1. The second-order valence-electron chi connectivity index (χ2n) is 4.65. The lowest BCUT2D eigenvalue weighted by atomic mass is 9.69. The van der Waals surface area contributed by atoms with Gasteiger partial charge in [0.15, 0.2) is 5.60 Å². The van der Waals surface area contributed by atoms with Gasteiger partial charge >= 0.3 is 5.97 Å². The van der Waals surface area contributed by atoms with Crippen LogP contribution in [0.2, 0.25) is 0 Å². The van der Waals surface area contributed by atoms with Gasteiger partial charge in [-0.1, -0.05) is 0 Å². The zero-order valence-corrected chi connectivity index (χ0v) is 9.17. The van der Waals surface area contributed by atoms with Crippen LogP contribution in [0.5, 0.6) is 0 Å². The number of hydrogen-bond donors (Lipinski definition) is 0. The summed E-state index contributed by atoms with van der Waals surface area (Å²) in [6, 6.07) is 0. The average molecular weight is 212 g/mol. The minimum absolute atomic E-state index is 0.279. The van der Waals surface area contributed by atoms with Crippen molar-refractivity contribution in [2.24, 2.45) is 0 Å². The third-order valence-electron chi connectivity index (χ3n) is 3.57. The monoisotopic (exact) mass is 212 g/mol. The summed E-state index contributed by atoms with van der Waals surface area (Å²) in [6.45, 7) is 3.75. The Hall–Kier alpha value is -0.900. The molecule has 0 aromatic rings. The lowest BCUT2D eigenvalue weighted by Crippen LogP contribution is -2.69. The Bertz CT molecular complexity index is 300. The van der Waals surface area contributed by atoms with Crippen LogP contribution in [0.25, 0.3) is 0 Å². The Labute approximate surface area is 88.9 Å². The second-order valence-corrected chi connectivity index (χ2v) is 4.65. The Kier molecular flexibility index (Phi) is 2.34. The van der Waals surface area contributed by atoms with Crippen LogP contribution >= 0.6 is 0 Å². The fourth-order valence-electron chi connectivity index (χ4n) is 2.53. The maximum absolute atomic E-state index is 11.2. The highest BCUT2D eigenvalue weighted by molar-refractivity contribution is 5.79. The zero-order valence-electron chi connectivity index (χ0n) is 9.17. The van der Waals surface area contributed by atoms with Crippen LogP contribution in [0.3, 0.4) is 0 Å². The van der Waals surface area contributed by atoms with Gasteiger partial charge in [0.2, 0.25) is 0 Å². The second kappa shape index (κ2) is 3.30. The maximum atomic E-state index is 11.2. The van der Waals surface area contributed by atoms with Crippen LogP contribution in [0, 0.1) is 0 Å². The van der Waals surface area contributed by atoms with Crippen molar-refractivity contribution < 1.29 is 19.1 Å². The summed E-state index contributed by atoms with van der Waals surface area (Å²) in [5, 5.41) is 0. The van der Waals surface area contributed by atoms with E-state index in [0.717, 1.165) is 0 Å². The van der Waals surface area contributed by atoms with Gasteiger partial charge in [0.05, 0.1) is 6.61 Å². The molecule has 1 spiro atoms. The zero-order chi connectivity index (χ0) is 11.1. The van der Waals surface area contributed by atoms with E-state index in [1.54, 1.807) is 0 Å². The van der Waals surface area contributed by atoms with Crippen molar-refractivity contribution in [3.8, 4) is 0 Å². The normalized spacial score (nSPS) is 33.6. The van der Waals surface area contributed by atoms with Crippen molar-refractivity contribution in [2.45, 2.75) is 50.7 Å². The summed E-state index contributed by atoms with van der Waals surface area (Å²) < 4.78 is 10.9. The van der Waals surface area contributed by atoms with Crippen molar-refractivity contribution in [1.82, 2.24) is 0 Å². The lowest BCUT2D eigenvalue weighted by Gasteiger charge is -2.57. The Balaban J connectivity index is 2.09. The molecule has 1 atom stereocenters. The molecule has 1 saturated heterocycles. The first-order valence-electron chi connectivity index (χ1n) is 5.33. The van der Waals surface area contributed by atoms with E-state index in [2.05, 4.69) is 0 Å². The summed E-state index contributed by atoms with van der Waals surface area (Å²) in [7, 11) is 0. The molecule has 4 nitrogen and oxygen atoms in total. The summed E-state index contributed by atoms with van der Waals surface area (Å²) in [4.78, 5) is 22.2. The average Bonchev–Trinajstić information content (AvgIpc) is 2.16. The highest BCUT2D eigenvalue weighted by Gasteiger charge is 2.61. The number of ether oxygens (including phenoxy) is 2. The molecule has 2 rings (SSSR count). The van der Waals surface area contributed by atoms with Gasteiger partial charge in [-0.05, 0) is 19.8 Å². The van der Waals surface area contributed by atoms with E-state index < -0.39 is 11.2 Å². The maximum Gasteiger partial charge on any atom is 0.303 e. The fraction of sp³-hybridized carbons (Fsp3) is 0.818. The van der Waals surface area contributed by atoms with Crippen LogP contribution in [0.15, 0.2) is 0 Å². The lowest BCUT2D eigenvalue weighted by molar-refractivity contribution is -0.309. The fourth-order valence-corrected chi connectivity index (χ4v) is 2.53. The molecule has 0 amide bonds. The molecule has 84 valence electrons. The molecule has 0 unspecified atom stereocenters. The summed E-state index contributed by atoms with van der Waals surface area (Å²) in [5.41, 5.74) is -0.924. The number of carbonyl (C=O) groups is 2. The molecule has 1 heterocycles. The quantitative estimate of drug-likeness (QED) is 0.613. The molecule has 0 bridgehead atoms. The predicted molar refractivity (Wildman–Crippen MR) is 52.3 cm³/mol. The van der Waals surface area contributed by atoms with Crippen LogP contribution in [0.4, 0.5) is 0 Å². The molecule has 0 N–H and O–H groups in total. The molecule has 0 radical (unpaired) electrons. The molecule has 1 saturated carbocycles. The number of esters is 1. The van der Waals surface area contributed by atoms with Crippen LogP contribution in [-0.2, 0) is 19.1 Å². The number of ketones is 1. The molecule has 1 aliphatic heterocycles. The van der Waals surface area contributed by atoms with Gasteiger partial charge in [-0.25, -0.2) is 0 Å². The summed E-state index contributed by atoms with van der Waals surface area (Å²) >= 11 is 0. The smallest absolute Gasteiger partial charge is 0.303 e. The van der Waals surface area contributed by atoms with Gasteiger partial charge < -0.3 is 9.47 Å². The van der Waals surface area contributed by atoms with Crippen molar-refractivity contribution in [3.05, 3.63) is 0 Å². The minimum atomic E-state index is -0.528. The van der Waals surface area contributed by atoms with Crippen LogP contribution in [0.1, 0.15) is 39.5 Å². The molecule has 4 heteroatoms. The molecular weight excluding hydrogens is 196 g/mol. The first kappa shape index (κ1) is 10.6. The minimum Gasteiger partial charge on any atom is -0.454 e. The van der Waals surface area contributed by atoms with E-state index >= 15 is 0 Å². The van der Waals surface area contributed by atoms with Crippen molar-refractivity contribution in [2.75, 3.05) is 6.61 Å². The predicted octanol–water partition coefficient (Wildman–Crippen LogP) is 1.22. The van der Waals surface area contributed by atoms with Gasteiger partial charge in [0, 0.05) is 19.8 Å². The van der Waals surface area contributed by atoms with Gasteiger partial charge in [0.25, 0.3) is 0 Å². The highest BCUT2D eigenvalue weighted by atomic mass is 16.6. The van der Waals surface area contributed by atoms with E-state index in [1.807, 2.05) is 6.92 Å². The topological polar surface area (TPSA) is 52.6 Å². The molecule has 0 aromatic carbocycles. The summed E-state index contributed by atoms with van der Waals surface area (Å²) in [5.74, 6) is -0.00150. The molecular formula is C11H16O4. The SMILES string of the molecule is CC(=O)O[C@@]1(C)COC12CCC(=O)CC2. The number of hydrogen-bond acceptors (Lipinski definition) is 4. The Morgan fingerprint density at radius 1 is 1.40 bits per heavy atom. The van der Waals surface area contributed by atoms with E-state index in [0.29, 0.717) is 32.3 Å². The van der Waals surface area contributed by atoms with Gasteiger partial charge in [-0.15, -0.1) is 0 Å². The van der Waals surface area contributed by atoms with E-state index in [4.69, 9.17) is 9.47 Å². The third-order valence-corrected chi connectivity index (χ3v) is 3.57. The van der Waals surface area contributed by atoms with E-state index in [9.17, 15) is 9.59 Å². The molecule has 2 fully saturated rings. The van der Waals surface area contributed by atoms with Gasteiger partial charge in [-0.2, -0.15) is 0 Å². The molecule has 15 heavy (non-hydrogen) atoms. The molecule has 1 aliphatic carbocycles. The standard InChI is InChI=1S/C11H16O4/c1-8(12)15-10(2)7-14-11(10)5-3-9(13)4-6-11/h3-7H2,1-2H3/t10-/m0/s1. The van der Waals surface area contributed by atoms with Crippen LogP contribution in [-0.4, -0.2) is 29.6 Å². The number of Topliss-reactive ketones (excluding diaryl/α,β-unsaturated/α-hetero) is 1. The molecule has 0 aromatic heterocycles. The van der Waals surface area contributed by atoms with Gasteiger partial charge in [-0.3, -0.25) is 9.59 Å². The molecule has 2 aliphatic rings. The first-order chi connectivity index (χ1) is 6.97. The first-order valence-corrected chi connectivity index (χ1v) is 5.33. The van der Waals surface area contributed by atoms with Crippen molar-refractivity contribution >= 4 is 11.8 Å². The Morgan fingerprint density at radius 2 is 2.00 bits per heavy atom. The third kappa shape index (κ3) is 1.57. The van der Waals surface area contributed by atoms with Gasteiger partial charge in [0.1, 0.15) is 11.4 Å². The van der Waals surface area contributed by atoms with E-state index in [-0.39, 0.29) is 11.8 Å². The van der Waals surface area contributed by atoms with Crippen molar-refractivity contribution in [3.63, 3.8) is 0 Å². The van der Waals surface area contributed by atoms with Crippen molar-refractivity contribution in [1.29, 1.82) is 0 Å². The summed E-state index contributed by atoms with van der Waals surface area (Å²) in [6.07, 6.45) is 2.43. The highest BCUT2D eigenvalue weighted by Crippen LogP contribution is 2.48. The van der Waals surface area contributed by atoms with E-state index in [1.165, 1.54) is 6.92 Å². The largest absolute Gasteiger partial charge is 0.454 e.